The number of hydrogen-bond acceptors (Lipinski definition) is 5. The van der Waals surface area contributed by atoms with Crippen LogP contribution in [-0.4, -0.2) is 45.1 Å². The van der Waals surface area contributed by atoms with Crippen LogP contribution in [0.2, 0.25) is 18.1 Å². The number of carbonyl (C=O) groups excluding carboxylic acids is 2. The number of aliphatic hydroxyl groups excluding tert-OH is 1. The van der Waals surface area contributed by atoms with Gasteiger partial charge in [-0.2, -0.15) is 13.2 Å². The van der Waals surface area contributed by atoms with Crippen LogP contribution in [0, 0.1) is 0 Å². The molecular formula is C20H30F3NO5Si. The molecule has 0 unspecified atom stereocenters. The molecule has 10 heteroatoms. The van der Waals surface area contributed by atoms with Crippen LogP contribution in [0.25, 0.3) is 0 Å². The molecule has 0 heterocycles. The molecular weight excluding hydrogens is 419 g/mol. The van der Waals surface area contributed by atoms with Gasteiger partial charge in [0.15, 0.2) is 14.4 Å². The lowest BCUT2D eigenvalue weighted by molar-refractivity contribution is -0.146. The van der Waals surface area contributed by atoms with Crippen molar-refractivity contribution in [2.45, 2.75) is 63.6 Å². The summed E-state index contributed by atoms with van der Waals surface area (Å²) < 4.78 is 48.7. The van der Waals surface area contributed by atoms with Gasteiger partial charge in [-0.25, -0.2) is 4.79 Å². The number of nitrogens with one attached hydrogen (secondary N) is 1. The van der Waals surface area contributed by atoms with E-state index in [1.54, 1.807) is 0 Å². The summed E-state index contributed by atoms with van der Waals surface area (Å²) in [7, 11) is -0.889. The van der Waals surface area contributed by atoms with E-state index in [0.717, 1.165) is 24.3 Å². The first-order chi connectivity index (χ1) is 13.6. The predicted molar refractivity (Wildman–Crippen MR) is 108 cm³/mol. The number of amides is 1. The minimum absolute atomic E-state index is 0.0263. The molecule has 0 aliphatic heterocycles. The average molecular weight is 450 g/mol. The zero-order valence-electron chi connectivity index (χ0n) is 18.1. The summed E-state index contributed by atoms with van der Waals surface area (Å²) in [4.78, 5) is 24.4. The van der Waals surface area contributed by atoms with Crippen LogP contribution in [0.5, 0.6) is 0 Å². The van der Waals surface area contributed by atoms with Crippen LogP contribution < -0.4 is 5.32 Å². The summed E-state index contributed by atoms with van der Waals surface area (Å²) in [6.45, 7) is 10.5. The van der Waals surface area contributed by atoms with Crippen molar-refractivity contribution in [2.24, 2.45) is 0 Å². The van der Waals surface area contributed by atoms with E-state index < -0.39 is 44.1 Å². The Morgan fingerprint density at radius 2 is 1.67 bits per heavy atom. The summed E-state index contributed by atoms with van der Waals surface area (Å²) >= 11 is 0. The lowest BCUT2D eigenvalue weighted by atomic mass is 10.1. The maximum Gasteiger partial charge on any atom is 0.416 e. The van der Waals surface area contributed by atoms with Crippen molar-refractivity contribution in [1.29, 1.82) is 0 Å². The molecule has 1 amide bonds. The Bertz CT molecular complexity index is 729. The van der Waals surface area contributed by atoms with Gasteiger partial charge in [0.2, 0.25) is 0 Å². The average Bonchev–Trinajstić information content (AvgIpc) is 2.64. The van der Waals surface area contributed by atoms with Gasteiger partial charge in [-0.1, -0.05) is 32.9 Å². The molecule has 2 N–H and O–H groups in total. The van der Waals surface area contributed by atoms with Gasteiger partial charge in [0.25, 0.3) is 5.91 Å². The van der Waals surface area contributed by atoms with Crippen LogP contribution >= 0.6 is 0 Å². The number of halogens is 3. The first kappa shape index (κ1) is 26.1. The van der Waals surface area contributed by atoms with Crippen molar-refractivity contribution >= 4 is 20.2 Å². The van der Waals surface area contributed by atoms with Crippen LogP contribution in [-0.2, 0) is 24.9 Å². The number of rotatable bonds is 8. The summed E-state index contributed by atoms with van der Waals surface area (Å²) in [5.41, 5.74) is -0.921. The molecule has 2 atom stereocenters. The van der Waals surface area contributed by atoms with Crippen LogP contribution in [0.3, 0.4) is 0 Å². The number of esters is 1. The van der Waals surface area contributed by atoms with Crippen molar-refractivity contribution in [2.75, 3.05) is 13.7 Å². The highest BCUT2D eigenvalue weighted by Crippen LogP contribution is 2.36. The lowest BCUT2D eigenvalue weighted by Crippen LogP contribution is -2.46. The van der Waals surface area contributed by atoms with Gasteiger partial charge in [-0.05, 0) is 35.8 Å². The fraction of sp³-hybridized carbons (Fsp3) is 0.600. The summed E-state index contributed by atoms with van der Waals surface area (Å²) in [5.74, 6) is -1.63. The van der Waals surface area contributed by atoms with Crippen molar-refractivity contribution in [3.05, 3.63) is 35.4 Å². The second-order valence-electron chi connectivity index (χ2n) is 8.50. The SMILES string of the molecule is COC(=O)[C@@H](CCO[Si](C)(C)C(C)(C)C)NC(=O)[C@H](O)c1ccc(C(F)(F)F)cc1. The summed E-state index contributed by atoms with van der Waals surface area (Å²) in [5, 5.41) is 12.5. The molecule has 0 spiro atoms. The highest BCUT2D eigenvalue weighted by atomic mass is 28.4. The molecule has 0 bridgehead atoms. The van der Waals surface area contributed by atoms with Crippen molar-refractivity contribution < 1.29 is 37.0 Å². The molecule has 1 aromatic carbocycles. The molecule has 30 heavy (non-hydrogen) atoms. The third-order valence-electron chi connectivity index (χ3n) is 5.28. The monoisotopic (exact) mass is 449 g/mol. The van der Waals surface area contributed by atoms with E-state index in [0.29, 0.717) is 0 Å². The number of hydrogen-bond donors (Lipinski definition) is 2. The first-order valence-corrected chi connectivity index (χ1v) is 12.4. The van der Waals surface area contributed by atoms with E-state index in [2.05, 4.69) is 26.1 Å². The van der Waals surface area contributed by atoms with Gasteiger partial charge < -0.3 is 19.6 Å². The number of benzene rings is 1. The Morgan fingerprint density at radius 3 is 2.10 bits per heavy atom. The van der Waals surface area contributed by atoms with Gasteiger partial charge in [-0.15, -0.1) is 0 Å². The Kier molecular flexibility index (Phi) is 8.65. The van der Waals surface area contributed by atoms with E-state index >= 15 is 0 Å². The summed E-state index contributed by atoms with van der Waals surface area (Å²) in [6.07, 6.45) is -6.13. The fourth-order valence-electron chi connectivity index (χ4n) is 2.30. The van der Waals surface area contributed by atoms with E-state index in [1.165, 1.54) is 7.11 Å². The van der Waals surface area contributed by atoms with Gasteiger partial charge in [-0.3, -0.25) is 4.79 Å². The molecule has 0 saturated carbocycles. The smallest absolute Gasteiger partial charge is 0.416 e. The number of methoxy groups -OCH3 is 1. The Morgan fingerprint density at radius 1 is 1.13 bits per heavy atom. The zero-order valence-corrected chi connectivity index (χ0v) is 19.1. The molecule has 0 fully saturated rings. The number of ether oxygens (including phenoxy) is 1. The minimum Gasteiger partial charge on any atom is -0.467 e. The van der Waals surface area contributed by atoms with E-state index in [9.17, 15) is 27.9 Å². The summed E-state index contributed by atoms with van der Waals surface area (Å²) in [6, 6.07) is 2.52. The predicted octanol–water partition coefficient (Wildman–Crippen LogP) is 3.81. The van der Waals surface area contributed by atoms with Gasteiger partial charge in [0.1, 0.15) is 6.04 Å². The fourth-order valence-corrected chi connectivity index (χ4v) is 3.36. The number of aliphatic hydroxyl groups is 1. The van der Waals surface area contributed by atoms with E-state index in [-0.39, 0.29) is 23.6 Å². The van der Waals surface area contributed by atoms with E-state index in [4.69, 9.17) is 9.16 Å². The van der Waals surface area contributed by atoms with Crippen LogP contribution in [0.15, 0.2) is 24.3 Å². The van der Waals surface area contributed by atoms with Crippen molar-refractivity contribution in [3.63, 3.8) is 0 Å². The Balaban J connectivity index is 2.80. The maximum atomic E-state index is 12.7. The molecule has 0 saturated heterocycles. The van der Waals surface area contributed by atoms with Gasteiger partial charge in [0, 0.05) is 13.0 Å². The Hall–Kier alpha value is -1.91. The van der Waals surface area contributed by atoms with Crippen LogP contribution in [0.4, 0.5) is 13.2 Å². The molecule has 0 aromatic heterocycles. The first-order valence-electron chi connectivity index (χ1n) is 9.47. The maximum absolute atomic E-state index is 12.7. The quantitative estimate of drug-likeness (QED) is 0.466. The topological polar surface area (TPSA) is 84.9 Å². The molecule has 0 aliphatic carbocycles. The zero-order chi connectivity index (χ0) is 23.3. The van der Waals surface area contributed by atoms with Gasteiger partial charge >= 0.3 is 12.1 Å². The molecule has 6 nitrogen and oxygen atoms in total. The molecule has 170 valence electrons. The molecule has 1 aromatic rings. The number of alkyl halides is 3. The van der Waals surface area contributed by atoms with Crippen molar-refractivity contribution in [1.82, 2.24) is 5.32 Å². The normalized spacial score (nSPS) is 14.7. The number of carbonyl (C=O) groups is 2. The van der Waals surface area contributed by atoms with Crippen molar-refractivity contribution in [3.8, 4) is 0 Å². The van der Waals surface area contributed by atoms with Crippen LogP contribution in [0.1, 0.15) is 44.4 Å². The Labute approximate surface area is 175 Å². The lowest BCUT2D eigenvalue weighted by Gasteiger charge is -2.36. The molecule has 1 rings (SSSR count). The highest BCUT2D eigenvalue weighted by Gasteiger charge is 2.37. The third kappa shape index (κ3) is 7.10. The highest BCUT2D eigenvalue weighted by molar-refractivity contribution is 6.74. The third-order valence-corrected chi connectivity index (χ3v) is 9.82. The second-order valence-corrected chi connectivity index (χ2v) is 13.3. The second kappa shape index (κ2) is 9.93. The largest absolute Gasteiger partial charge is 0.467 e. The molecule has 0 aliphatic rings. The minimum atomic E-state index is -4.52. The van der Waals surface area contributed by atoms with Gasteiger partial charge in [0.05, 0.1) is 12.7 Å². The standard InChI is InChI=1S/C20H30F3NO5Si/c1-19(2,3)30(5,6)29-12-11-15(18(27)28-4)24-17(26)16(25)13-7-9-14(10-8-13)20(21,22)23/h7-10,15-16,25H,11-12H2,1-6H3,(H,24,26)/t15-,16-/m1/s1. The van der Waals surface area contributed by atoms with E-state index in [1.807, 2.05) is 13.1 Å². The molecule has 0 radical (unpaired) electrons.